The predicted molar refractivity (Wildman–Crippen MR) is 89.4 cm³/mol. The third-order valence-corrected chi connectivity index (χ3v) is 4.94. The Labute approximate surface area is 129 Å². The highest BCUT2D eigenvalue weighted by molar-refractivity contribution is 8.13. The minimum atomic E-state index is 0.179. The lowest BCUT2D eigenvalue weighted by Crippen LogP contribution is -2.01. The van der Waals surface area contributed by atoms with Crippen LogP contribution in [-0.4, -0.2) is 11.4 Å². The summed E-state index contributed by atoms with van der Waals surface area (Å²) >= 11 is 3.07. The molecule has 1 unspecified atom stereocenters. The monoisotopic (exact) mass is 302 g/mol. The van der Waals surface area contributed by atoms with E-state index in [4.69, 9.17) is 0 Å². The normalized spacial score (nSPS) is 12.1. The zero-order valence-electron chi connectivity index (χ0n) is 11.7. The molecule has 1 atom stereocenters. The van der Waals surface area contributed by atoms with Gasteiger partial charge in [0.05, 0.1) is 0 Å². The molecule has 0 spiro atoms. The van der Waals surface area contributed by atoms with Crippen LogP contribution >= 0.6 is 23.5 Å². The summed E-state index contributed by atoms with van der Waals surface area (Å²) in [4.78, 5) is 13.0. The fraction of sp³-hybridized carbons (Fsp3) is 0.235. The van der Waals surface area contributed by atoms with E-state index in [2.05, 4.69) is 43.3 Å². The van der Waals surface area contributed by atoms with E-state index >= 15 is 0 Å². The van der Waals surface area contributed by atoms with Gasteiger partial charge >= 0.3 is 0 Å². The van der Waals surface area contributed by atoms with Crippen LogP contribution in [0.5, 0.6) is 0 Å². The highest BCUT2D eigenvalue weighted by atomic mass is 32.2. The van der Waals surface area contributed by atoms with Crippen molar-refractivity contribution in [3.05, 3.63) is 65.7 Å². The van der Waals surface area contributed by atoms with Gasteiger partial charge in [-0.15, -0.1) is 11.8 Å². The molecule has 0 amide bonds. The number of aryl methyl sites for hydroxylation is 1. The van der Waals surface area contributed by atoms with E-state index in [1.165, 1.54) is 27.8 Å². The van der Waals surface area contributed by atoms with Crippen LogP contribution in [0.4, 0.5) is 0 Å². The maximum absolute atomic E-state index is 11.8. The van der Waals surface area contributed by atoms with E-state index in [9.17, 15) is 4.79 Å². The SMILES string of the molecule is CSC(=O)CC(Sc1ccc(C)cc1)c1ccccc1. The molecule has 2 aromatic carbocycles. The molecule has 0 radical (unpaired) electrons. The molecule has 2 rings (SSSR count). The second-order valence-corrected chi connectivity index (χ2v) is 6.75. The van der Waals surface area contributed by atoms with Crippen molar-refractivity contribution in [1.82, 2.24) is 0 Å². The van der Waals surface area contributed by atoms with Crippen molar-refractivity contribution in [2.75, 3.05) is 6.26 Å². The maximum atomic E-state index is 11.8. The molecular weight excluding hydrogens is 284 g/mol. The summed E-state index contributed by atoms with van der Waals surface area (Å²) in [6, 6.07) is 18.7. The molecule has 0 heterocycles. The van der Waals surface area contributed by atoms with Gasteiger partial charge in [-0.2, -0.15) is 0 Å². The van der Waals surface area contributed by atoms with Crippen LogP contribution in [-0.2, 0) is 4.79 Å². The first-order valence-electron chi connectivity index (χ1n) is 6.54. The van der Waals surface area contributed by atoms with E-state index in [0.717, 1.165) is 0 Å². The molecule has 0 aromatic heterocycles. The van der Waals surface area contributed by atoms with Crippen LogP contribution in [0.2, 0.25) is 0 Å². The summed E-state index contributed by atoms with van der Waals surface area (Å²) in [6.45, 7) is 2.08. The third-order valence-electron chi connectivity index (χ3n) is 3.05. The lowest BCUT2D eigenvalue weighted by molar-refractivity contribution is -0.110. The Kier molecular flexibility index (Phi) is 5.74. The summed E-state index contributed by atoms with van der Waals surface area (Å²) in [5.41, 5.74) is 2.46. The van der Waals surface area contributed by atoms with Crippen molar-refractivity contribution < 1.29 is 4.79 Å². The topological polar surface area (TPSA) is 17.1 Å². The predicted octanol–water partition coefficient (Wildman–Crippen LogP) is 5.11. The zero-order chi connectivity index (χ0) is 14.4. The first-order chi connectivity index (χ1) is 9.69. The minimum Gasteiger partial charge on any atom is -0.287 e. The number of rotatable bonds is 5. The quantitative estimate of drug-likeness (QED) is 0.715. The van der Waals surface area contributed by atoms with Crippen molar-refractivity contribution >= 4 is 28.6 Å². The minimum absolute atomic E-state index is 0.179. The van der Waals surface area contributed by atoms with Crippen molar-refractivity contribution in [3.8, 4) is 0 Å². The van der Waals surface area contributed by atoms with Crippen LogP contribution in [0.1, 0.15) is 22.8 Å². The average molecular weight is 302 g/mol. The summed E-state index contributed by atoms with van der Waals surface area (Å²) in [5.74, 6) is 0. The second kappa shape index (κ2) is 7.55. The Morgan fingerprint density at radius 1 is 1.05 bits per heavy atom. The Hall–Kier alpha value is -1.19. The van der Waals surface area contributed by atoms with Gasteiger partial charge in [-0.1, -0.05) is 59.8 Å². The van der Waals surface area contributed by atoms with Crippen molar-refractivity contribution in [2.24, 2.45) is 0 Å². The molecule has 0 aliphatic heterocycles. The van der Waals surface area contributed by atoms with Gasteiger partial charge in [-0.3, -0.25) is 4.79 Å². The van der Waals surface area contributed by atoms with Crippen molar-refractivity contribution in [3.63, 3.8) is 0 Å². The van der Waals surface area contributed by atoms with Crippen LogP contribution in [0.15, 0.2) is 59.5 Å². The average Bonchev–Trinajstić information content (AvgIpc) is 2.49. The van der Waals surface area contributed by atoms with Crippen molar-refractivity contribution in [2.45, 2.75) is 23.5 Å². The summed E-state index contributed by atoms with van der Waals surface area (Å²) in [7, 11) is 0. The van der Waals surface area contributed by atoms with Gasteiger partial charge in [-0.25, -0.2) is 0 Å². The Morgan fingerprint density at radius 3 is 2.30 bits per heavy atom. The number of thioether (sulfide) groups is 2. The Balaban J connectivity index is 2.18. The summed E-state index contributed by atoms with van der Waals surface area (Å²) in [5, 5.41) is 0.414. The van der Waals surface area contributed by atoms with Gasteiger partial charge in [0.1, 0.15) is 0 Å². The largest absolute Gasteiger partial charge is 0.287 e. The molecule has 104 valence electrons. The first-order valence-corrected chi connectivity index (χ1v) is 8.64. The van der Waals surface area contributed by atoms with Gasteiger partial charge in [0, 0.05) is 16.6 Å². The Bertz CT molecular complexity index is 549. The molecule has 1 nitrogen and oxygen atoms in total. The molecule has 0 saturated carbocycles. The zero-order valence-corrected chi connectivity index (χ0v) is 13.3. The molecule has 0 aliphatic rings. The molecule has 3 heteroatoms. The van der Waals surface area contributed by atoms with Crippen LogP contribution < -0.4 is 0 Å². The fourth-order valence-electron chi connectivity index (χ4n) is 1.91. The van der Waals surface area contributed by atoms with Gasteiger partial charge in [0.15, 0.2) is 5.12 Å². The molecule has 20 heavy (non-hydrogen) atoms. The van der Waals surface area contributed by atoms with E-state index in [1.54, 1.807) is 11.8 Å². The highest BCUT2D eigenvalue weighted by Crippen LogP contribution is 2.38. The number of hydrogen-bond donors (Lipinski definition) is 0. The maximum Gasteiger partial charge on any atom is 0.190 e. The number of carbonyl (C=O) groups excluding carboxylic acids is 1. The molecule has 0 saturated heterocycles. The van der Waals surface area contributed by atoms with Crippen LogP contribution in [0.25, 0.3) is 0 Å². The molecular formula is C17H18OS2. The second-order valence-electron chi connectivity index (χ2n) is 4.61. The Morgan fingerprint density at radius 2 is 1.70 bits per heavy atom. The molecule has 0 bridgehead atoms. The highest BCUT2D eigenvalue weighted by Gasteiger charge is 2.16. The van der Waals surface area contributed by atoms with Crippen LogP contribution in [0.3, 0.4) is 0 Å². The van der Waals surface area contributed by atoms with Gasteiger partial charge in [0.25, 0.3) is 0 Å². The van der Waals surface area contributed by atoms with Gasteiger partial charge in [-0.05, 0) is 30.9 Å². The van der Waals surface area contributed by atoms with Crippen molar-refractivity contribution in [1.29, 1.82) is 0 Å². The fourth-order valence-corrected chi connectivity index (χ4v) is 3.50. The number of benzene rings is 2. The standard InChI is InChI=1S/C17H18OS2/c1-13-8-10-15(11-9-13)20-16(12-17(18)19-2)14-6-4-3-5-7-14/h3-11,16H,12H2,1-2H3. The van der Waals surface area contributed by atoms with Crippen LogP contribution in [0, 0.1) is 6.92 Å². The van der Waals surface area contributed by atoms with E-state index in [1.807, 2.05) is 24.5 Å². The van der Waals surface area contributed by atoms with Gasteiger partial charge < -0.3 is 0 Å². The molecule has 0 fully saturated rings. The third kappa shape index (κ3) is 4.43. The lowest BCUT2D eigenvalue weighted by Gasteiger charge is -2.16. The van der Waals surface area contributed by atoms with E-state index in [0.29, 0.717) is 6.42 Å². The summed E-state index contributed by atoms with van der Waals surface area (Å²) < 4.78 is 0. The number of hydrogen-bond acceptors (Lipinski definition) is 3. The van der Waals surface area contributed by atoms with E-state index < -0.39 is 0 Å². The van der Waals surface area contributed by atoms with Gasteiger partial charge in [0.2, 0.25) is 0 Å². The molecule has 0 N–H and O–H groups in total. The first kappa shape index (κ1) is 15.2. The smallest absolute Gasteiger partial charge is 0.190 e. The number of carbonyl (C=O) groups is 1. The molecule has 2 aromatic rings. The lowest BCUT2D eigenvalue weighted by atomic mass is 10.1. The summed E-state index contributed by atoms with van der Waals surface area (Å²) in [6.07, 6.45) is 2.41. The molecule has 0 aliphatic carbocycles. The van der Waals surface area contributed by atoms with E-state index in [-0.39, 0.29) is 10.4 Å².